The molecule has 0 radical (unpaired) electrons. The summed E-state index contributed by atoms with van der Waals surface area (Å²) in [5.41, 5.74) is 3.06. The summed E-state index contributed by atoms with van der Waals surface area (Å²) >= 11 is 5.88. The number of amides is 1. The van der Waals surface area contributed by atoms with Crippen molar-refractivity contribution in [2.75, 3.05) is 23.8 Å². The Morgan fingerprint density at radius 1 is 1.08 bits per heavy atom. The second-order valence-electron chi connectivity index (χ2n) is 5.87. The third-order valence-corrected chi connectivity index (χ3v) is 4.28. The molecule has 0 aromatic heterocycles. The molecule has 4 nitrogen and oxygen atoms in total. The van der Waals surface area contributed by atoms with Gasteiger partial charge in [0, 0.05) is 29.5 Å². The molecule has 1 unspecified atom stereocenters. The molecule has 1 fully saturated rings. The number of hydrogen-bond acceptors (Lipinski definition) is 3. The van der Waals surface area contributed by atoms with Crippen LogP contribution in [-0.4, -0.2) is 25.2 Å². The molecule has 0 bridgehead atoms. The number of benzene rings is 2. The van der Waals surface area contributed by atoms with E-state index in [9.17, 15) is 4.79 Å². The van der Waals surface area contributed by atoms with Crippen LogP contribution < -0.4 is 10.6 Å². The Morgan fingerprint density at radius 2 is 1.79 bits per heavy atom. The van der Waals surface area contributed by atoms with E-state index in [1.807, 2.05) is 48.5 Å². The lowest BCUT2D eigenvalue weighted by Gasteiger charge is -2.11. The molecule has 126 valence electrons. The maximum atomic E-state index is 12.0. The predicted molar refractivity (Wildman–Crippen MR) is 97.7 cm³/mol. The third kappa shape index (κ3) is 4.73. The lowest BCUT2D eigenvalue weighted by molar-refractivity contribution is -0.124. The van der Waals surface area contributed by atoms with Gasteiger partial charge in [-0.3, -0.25) is 4.79 Å². The van der Waals surface area contributed by atoms with Gasteiger partial charge >= 0.3 is 0 Å². The molecule has 0 aliphatic carbocycles. The summed E-state index contributed by atoms with van der Waals surface area (Å²) in [6, 6.07) is 15.6. The van der Waals surface area contributed by atoms with Gasteiger partial charge in [0.05, 0.1) is 0 Å². The van der Waals surface area contributed by atoms with Crippen molar-refractivity contribution in [1.82, 2.24) is 0 Å². The molecular weight excluding hydrogens is 324 g/mol. The Balaban J connectivity index is 1.45. The molecule has 1 aliphatic rings. The molecule has 0 spiro atoms. The first-order valence-corrected chi connectivity index (χ1v) is 8.59. The molecule has 5 heteroatoms. The summed E-state index contributed by atoms with van der Waals surface area (Å²) in [5.74, 6) is -0.0593. The monoisotopic (exact) mass is 344 g/mol. The first-order chi connectivity index (χ1) is 11.7. The summed E-state index contributed by atoms with van der Waals surface area (Å²) in [6.45, 7) is 1.51. The number of carbonyl (C=O) groups excluding carboxylic acids is 1. The van der Waals surface area contributed by atoms with Gasteiger partial charge in [0.15, 0.2) is 0 Å². The van der Waals surface area contributed by atoms with Gasteiger partial charge in [-0.15, -0.1) is 0 Å². The number of nitrogens with one attached hydrogen (secondary N) is 2. The minimum absolute atomic E-state index is 0.0593. The van der Waals surface area contributed by atoms with Crippen LogP contribution in [-0.2, 0) is 16.0 Å². The first kappa shape index (κ1) is 16.8. The summed E-state index contributed by atoms with van der Waals surface area (Å²) < 4.78 is 5.38. The molecule has 0 saturated carbocycles. The second-order valence-corrected chi connectivity index (χ2v) is 6.31. The van der Waals surface area contributed by atoms with Crippen LogP contribution in [0, 0.1) is 0 Å². The summed E-state index contributed by atoms with van der Waals surface area (Å²) in [6.07, 6.45) is 2.38. The Labute approximate surface area is 147 Å². The van der Waals surface area contributed by atoms with Gasteiger partial charge in [0.25, 0.3) is 5.91 Å². The molecule has 24 heavy (non-hydrogen) atoms. The van der Waals surface area contributed by atoms with Crippen LogP contribution in [0.5, 0.6) is 0 Å². The summed E-state index contributed by atoms with van der Waals surface area (Å²) in [7, 11) is 0. The van der Waals surface area contributed by atoms with Gasteiger partial charge in [-0.25, -0.2) is 0 Å². The molecule has 2 aromatic rings. The summed E-state index contributed by atoms with van der Waals surface area (Å²) in [4.78, 5) is 12.0. The fourth-order valence-electron chi connectivity index (χ4n) is 2.68. The Kier molecular flexibility index (Phi) is 5.72. The van der Waals surface area contributed by atoms with Crippen molar-refractivity contribution in [2.45, 2.75) is 25.4 Å². The fourth-order valence-corrected chi connectivity index (χ4v) is 2.81. The minimum atomic E-state index is -0.304. The molecule has 1 heterocycles. The molecule has 1 amide bonds. The van der Waals surface area contributed by atoms with E-state index in [2.05, 4.69) is 10.6 Å². The van der Waals surface area contributed by atoms with Crippen molar-refractivity contribution < 1.29 is 9.53 Å². The van der Waals surface area contributed by atoms with Gasteiger partial charge < -0.3 is 15.4 Å². The van der Waals surface area contributed by atoms with Crippen LogP contribution in [0.4, 0.5) is 11.4 Å². The topological polar surface area (TPSA) is 50.4 Å². The number of ether oxygens (including phenoxy) is 1. The maximum absolute atomic E-state index is 12.0. The highest BCUT2D eigenvalue weighted by Gasteiger charge is 2.23. The maximum Gasteiger partial charge on any atom is 0.253 e. The zero-order chi connectivity index (χ0) is 16.8. The van der Waals surface area contributed by atoms with Gasteiger partial charge in [0.1, 0.15) is 6.10 Å². The number of rotatable bonds is 6. The molecule has 3 rings (SSSR count). The average Bonchev–Trinajstić information content (AvgIpc) is 3.13. The lowest BCUT2D eigenvalue weighted by atomic mass is 10.1. The van der Waals surface area contributed by atoms with Crippen LogP contribution in [0.1, 0.15) is 18.4 Å². The third-order valence-electron chi connectivity index (χ3n) is 4.03. The molecular formula is C19H21ClN2O2. The average molecular weight is 345 g/mol. The fraction of sp³-hybridized carbons (Fsp3) is 0.316. The number of halogens is 1. The van der Waals surface area contributed by atoms with Gasteiger partial charge in [0.2, 0.25) is 0 Å². The van der Waals surface area contributed by atoms with Crippen molar-refractivity contribution in [2.24, 2.45) is 0 Å². The van der Waals surface area contributed by atoms with E-state index >= 15 is 0 Å². The number of hydrogen-bond donors (Lipinski definition) is 2. The van der Waals surface area contributed by atoms with E-state index in [0.29, 0.717) is 6.61 Å². The highest BCUT2D eigenvalue weighted by molar-refractivity contribution is 6.30. The van der Waals surface area contributed by atoms with Crippen LogP contribution in [0.2, 0.25) is 5.02 Å². The van der Waals surface area contributed by atoms with Crippen molar-refractivity contribution in [1.29, 1.82) is 0 Å². The normalized spacial score (nSPS) is 16.8. The summed E-state index contributed by atoms with van der Waals surface area (Å²) in [5, 5.41) is 7.02. The zero-order valence-corrected chi connectivity index (χ0v) is 14.2. The van der Waals surface area contributed by atoms with Crippen molar-refractivity contribution >= 4 is 28.9 Å². The van der Waals surface area contributed by atoms with Crippen LogP contribution in [0.3, 0.4) is 0 Å². The lowest BCUT2D eigenvalue weighted by Crippen LogP contribution is -2.26. The van der Waals surface area contributed by atoms with Crippen LogP contribution >= 0.6 is 11.6 Å². The SMILES string of the molecule is O=C(Nc1ccc(NCCc2ccc(Cl)cc2)cc1)C1CCCO1. The van der Waals surface area contributed by atoms with Crippen molar-refractivity contribution in [3.8, 4) is 0 Å². The van der Waals surface area contributed by atoms with Crippen LogP contribution in [0.25, 0.3) is 0 Å². The van der Waals surface area contributed by atoms with E-state index in [-0.39, 0.29) is 12.0 Å². The number of carbonyl (C=O) groups is 1. The van der Waals surface area contributed by atoms with Crippen LogP contribution in [0.15, 0.2) is 48.5 Å². The standard InChI is InChI=1S/C19H21ClN2O2/c20-15-5-3-14(4-6-15)11-12-21-16-7-9-17(10-8-16)22-19(23)18-2-1-13-24-18/h3-10,18,21H,1-2,11-13H2,(H,22,23). The molecule has 2 N–H and O–H groups in total. The minimum Gasteiger partial charge on any atom is -0.385 e. The van der Waals surface area contributed by atoms with E-state index in [4.69, 9.17) is 16.3 Å². The van der Waals surface area contributed by atoms with Gasteiger partial charge in [-0.05, 0) is 61.2 Å². The van der Waals surface area contributed by atoms with E-state index in [1.54, 1.807) is 0 Å². The Hall–Kier alpha value is -2.04. The Morgan fingerprint density at radius 3 is 2.46 bits per heavy atom. The van der Waals surface area contributed by atoms with E-state index in [1.165, 1.54) is 5.56 Å². The first-order valence-electron chi connectivity index (χ1n) is 8.21. The van der Waals surface area contributed by atoms with E-state index in [0.717, 1.165) is 42.2 Å². The predicted octanol–water partition coefficient (Wildman–Crippen LogP) is 4.11. The molecule has 1 atom stereocenters. The zero-order valence-electron chi connectivity index (χ0n) is 13.4. The molecule has 1 saturated heterocycles. The quantitative estimate of drug-likeness (QED) is 0.829. The van der Waals surface area contributed by atoms with Gasteiger partial charge in [-0.1, -0.05) is 23.7 Å². The van der Waals surface area contributed by atoms with E-state index < -0.39 is 0 Å². The Bertz CT molecular complexity index is 665. The van der Waals surface area contributed by atoms with Crippen molar-refractivity contribution in [3.63, 3.8) is 0 Å². The largest absolute Gasteiger partial charge is 0.385 e. The highest BCUT2D eigenvalue weighted by atomic mass is 35.5. The van der Waals surface area contributed by atoms with Gasteiger partial charge in [-0.2, -0.15) is 0 Å². The van der Waals surface area contributed by atoms with Crippen molar-refractivity contribution in [3.05, 3.63) is 59.1 Å². The highest BCUT2D eigenvalue weighted by Crippen LogP contribution is 2.17. The second kappa shape index (κ2) is 8.18. The molecule has 2 aromatic carbocycles. The molecule has 1 aliphatic heterocycles. The smallest absolute Gasteiger partial charge is 0.253 e. The number of anilines is 2.